The molecule has 0 atom stereocenters. The van der Waals surface area contributed by atoms with Gasteiger partial charge in [0.2, 0.25) is 5.91 Å². The summed E-state index contributed by atoms with van der Waals surface area (Å²) in [4.78, 5) is 18.1. The zero-order valence-electron chi connectivity index (χ0n) is 17.6. The van der Waals surface area contributed by atoms with Crippen LogP contribution in [0.25, 0.3) is 0 Å². The first-order valence-corrected chi connectivity index (χ1v) is 10.2. The number of hydrogen-bond acceptors (Lipinski definition) is 4. The van der Waals surface area contributed by atoms with E-state index in [0.717, 1.165) is 62.7 Å². The lowest BCUT2D eigenvalue weighted by atomic mass is 10.2. The van der Waals surface area contributed by atoms with Crippen molar-refractivity contribution in [3.8, 4) is 5.75 Å². The van der Waals surface area contributed by atoms with Crippen molar-refractivity contribution >= 4 is 35.8 Å². The molecular weight excluding hydrogens is 483 g/mol. The molecule has 164 valence electrons. The number of halogens is 1. The van der Waals surface area contributed by atoms with E-state index < -0.39 is 0 Å². The normalized spacial score (nSPS) is 13.9. The van der Waals surface area contributed by atoms with Gasteiger partial charge in [-0.3, -0.25) is 9.79 Å². The van der Waals surface area contributed by atoms with Crippen LogP contribution in [0.3, 0.4) is 0 Å². The van der Waals surface area contributed by atoms with E-state index in [1.165, 1.54) is 0 Å². The molecule has 0 aliphatic carbocycles. The molecule has 0 aromatic heterocycles. The Kier molecular flexibility index (Phi) is 13.5. The fourth-order valence-electron chi connectivity index (χ4n) is 3.03. The molecular formula is C21H35IN4O3. The fourth-order valence-corrected chi connectivity index (χ4v) is 3.03. The minimum atomic E-state index is 0. The molecule has 0 spiro atoms. The molecule has 2 N–H and O–H groups in total. The minimum Gasteiger partial charge on any atom is -0.497 e. The van der Waals surface area contributed by atoms with Crippen molar-refractivity contribution in [3.05, 3.63) is 29.8 Å². The van der Waals surface area contributed by atoms with E-state index in [-0.39, 0.29) is 29.9 Å². The number of carbonyl (C=O) groups is 1. The summed E-state index contributed by atoms with van der Waals surface area (Å²) in [5.74, 6) is 1.96. The predicted octanol–water partition coefficient (Wildman–Crippen LogP) is 2.79. The van der Waals surface area contributed by atoms with Gasteiger partial charge in [0.05, 0.1) is 13.7 Å². The monoisotopic (exact) mass is 518 g/mol. The molecule has 1 aliphatic heterocycles. The van der Waals surface area contributed by atoms with Crippen molar-refractivity contribution in [1.29, 1.82) is 0 Å². The SMILES string of the molecule is CCNC(=NCCCN1CCCC1=O)NCCCOCc1ccc(OC)cc1.I. The topological polar surface area (TPSA) is 75.2 Å². The molecule has 2 rings (SSSR count). The number of aliphatic imine (C=N–C) groups is 1. The molecule has 7 nitrogen and oxygen atoms in total. The van der Waals surface area contributed by atoms with Gasteiger partial charge < -0.3 is 25.0 Å². The Hall–Kier alpha value is -1.55. The number of guanidine groups is 1. The average Bonchev–Trinajstić information content (AvgIpc) is 3.13. The van der Waals surface area contributed by atoms with Crippen LogP contribution in [0.1, 0.15) is 38.2 Å². The first-order chi connectivity index (χ1) is 13.7. The number of hydrogen-bond donors (Lipinski definition) is 2. The molecule has 1 aromatic rings. The van der Waals surface area contributed by atoms with Crippen molar-refractivity contribution in [2.24, 2.45) is 4.99 Å². The number of benzene rings is 1. The first-order valence-electron chi connectivity index (χ1n) is 10.2. The van der Waals surface area contributed by atoms with Crippen LogP contribution in [0.5, 0.6) is 5.75 Å². The van der Waals surface area contributed by atoms with Gasteiger partial charge >= 0.3 is 0 Å². The standard InChI is InChI=1S/C21H34N4O3.HI/c1-3-22-21(23-12-5-15-25-14-4-7-20(25)26)24-13-6-16-28-17-18-8-10-19(27-2)11-9-18;/h8-11H,3-7,12-17H2,1-2H3,(H2,22,23,24);1H. The first kappa shape index (κ1) is 25.5. The molecule has 1 heterocycles. The average molecular weight is 518 g/mol. The number of amides is 1. The lowest BCUT2D eigenvalue weighted by Crippen LogP contribution is -2.38. The zero-order valence-corrected chi connectivity index (χ0v) is 19.9. The third-order valence-corrected chi connectivity index (χ3v) is 4.56. The van der Waals surface area contributed by atoms with Crippen LogP contribution in [-0.2, 0) is 16.1 Å². The summed E-state index contributed by atoms with van der Waals surface area (Å²) in [6.45, 7) is 7.40. The van der Waals surface area contributed by atoms with E-state index in [9.17, 15) is 4.79 Å². The van der Waals surface area contributed by atoms with Crippen LogP contribution in [0, 0.1) is 0 Å². The van der Waals surface area contributed by atoms with Crippen LogP contribution in [0.4, 0.5) is 0 Å². The molecule has 0 radical (unpaired) electrons. The number of likely N-dealkylation sites (tertiary alicyclic amines) is 1. The molecule has 0 unspecified atom stereocenters. The molecule has 1 amide bonds. The van der Waals surface area contributed by atoms with Crippen LogP contribution in [-0.4, -0.2) is 63.2 Å². The maximum absolute atomic E-state index is 11.6. The van der Waals surface area contributed by atoms with E-state index in [2.05, 4.69) is 22.5 Å². The van der Waals surface area contributed by atoms with E-state index in [4.69, 9.17) is 9.47 Å². The van der Waals surface area contributed by atoms with E-state index in [1.54, 1.807) is 7.11 Å². The van der Waals surface area contributed by atoms with Gasteiger partial charge in [0.25, 0.3) is 0 Å². The second kappa shape index (κ2) is 15.3. The second-order valence-corrected chi connectivity index (χ2v) is 6.78. The summed E-state index contributed by atoms with van der Waals surface area (Å²) < 4.78 is 10.9. The van der Waals surface area contributed by atoms with Crippen molar-refractivity contribution in [2.75, 3.05) is 46.4 Å². The van der Waals surface area contributed by atoms with E-state index in [1.807, 2.05) is 29.2 Å². The van der Waals surface area contributed by atoms with Crippen LogP contribution < -0.4 is 15.4 Å². The quantitative estimate of drug-likeness (QED) is 0.193. The summed E-state index contributed by atoms with van der Waals surface area (Å²) in [6.07, 6.45) is 3.50. The second-order valence-electron chi connectivity index (χ2n) is 6.78. The largest absolute Gasteiger partial charge is 0.497 e. The Morgan fingerprint density at radius 2 is 2.00 bits per heavy atom. The van der Waals surface area contributed by atoms with Crippen molar-refractivity contribution in [1.82, 2.24) is 15.5 Å². The fraction of sp³-hybridized carbons (Fsp3) is 0.619. The van der Waals surface area contributed by atoms with E-state index in [0.29, 0.717) is 26.2 Å². The van der Waals surface area contributed by atoms with Gasteiger partial charge in [-0.2, -0.15) is 0 Å². The van der Waals surface area contributed by atoms with Crippen molar-refractivity contribution < 1.29 is 14.3 Å². The summed E-state index contributed by atoms with van der Waals surface area (Å²) in [7, 11) is 1.66. The molecule has 0 saturated carbocycles. The Morgan fingerprint density at radius 1 is 1.21 bits per heavy atom. The number of rotatable bonds is 12. The van der Waals surface area contributed by atoms with Gasteiger partial charge in [-0.25, -0.2) is 0 Å². The lowest BCUT2D eigenvalue weighted by molar-refractivity contribution is -0.127. The maximum atomic E-state index is 11.6. The Bertz CT molecular complexity index is 610. The molecule has 0 bridgehead atoms. The highest BCUT2D eigenvalue weighted by Gasteiger charge is 2.18. The number of nitrogens with zero attached hydrogens (tertiary/aromatic N) is 2. The van der Waals surface area contributed by atoms with Gasteiger partial charge in [-0.1, -0.05) is 12.1 Å². The van der Waals surface area contributed by atoms with Crippen LogP contribution in [0.15, 0.2) is 29.3 Å². The third kappa shape index (κ3) is 10.2. The maximum Gasteiger partial charge on any atom is 0.222 e. The van der Waals surface area contributed by atoms with Crippen LogP contribution in [0.2, 0.25) is 0 Å². The predicted molar refractivity (Wildman–Crippen MR) is 127 cm³/mol. The highest BCUT2D eigenvalue weighted by atomic mass is 127. The molecule has 1 aliphatic rings. The van der Waals surface area contributed by atoms with Gasteiger partial charge in [0.15, 0.2) is 5.96 Å². The minimum absolute atomic E-state index is 0. The van der Waals surface area contributed by atoms with Gasteiger partial charge in [0.1, 0.15) is 5.75 Å². The van der Waals surface area contributed by atoms with Crippen LogP contribution >= 0.6 is 24.0 Å². The zero-order chi connectivity index (χ0) is 20.0. The number of methoxy groups -OCH3 is 1. The summed E-state index contributed by atoms with van der Waals surface area (Å²) >= 11 is 0. The molecule has 29 heavy (non-hydrogen) atoms. The van der Waals surface area contributed by atoms with Gasteiger partial charge in [-0.05, 0) is 43.9 Å². The summed E-state index contributed by atoms with van der Waals surface area (Å²) in [5, 5.41) is 6.59. The number of ether oxygens (including phenoxy) is 2. The smallest absolute Gasteiger partial charge is 0.222 e. The Labute approximate surface area is 191 Å². The number of carbonyl (C=O) groups excluding carboxylic acids is 1. The number of nitrogens with one attached hydrogen (secondary N) is 2. The Morgan fingerprint density at radius 3 is 2.66 bits per heavy atom. The van der Waals surface area contributed by atoms with Gasteiger partial charge in [0, 0.05) is 45.8 Å². The summed E-state index contributed by atoms with van der Waals surface area (Å²) in [6, 6.07) is 7.92. The molecule has 8 heteroatoms. The molecule has 1 aromatic carbocycles. The van der Waals surface area contributed by atoms with Gasteiger partial charge in [-0.15, -0.1) is 24.0 Å². The lowest BCUT2D eigenvalue weighted by Gasteiger charge is -2.15. The van der Waals surface area contributed by atoms with Crippen molar-refractivity contribution in [2.45, 2.75) is 39.2 Å². The molecule has 1 fully saturated rings. The highest BCUT2D eigenvalue weighted by molar-refractivity contribution is 14.0. The van der Waals surface area contributed by atoms with E-state index >= 15 is 0 Å². The third-order valence-electron chi connectivity index (χ3n) is 4.56. The van der Waals surface area contributed by atoms with Crippen molar-refractivity contribution in [3.63, 3.8) is 0 Å². The highest BCUT2D eigenvalue weighted by Crippen LogP contribution is 2.12. The Balaban J connectivity index is 0.00000420. The molecule has 1 saturated heterocycles. The summed E-state index contributed by atoms with van der Waals surface area (Å²) in [5.41, 5.74) is 1.14.